The molecule has 25 heavy (non-hydrogen) atoms. The molecule has 0 N–H and O–H groups in total. The topological polar surface area (TPSA) is 37.4 Å². The molecular formula is C15H6BrCl6NO2. The van der Waals surface area contributed by atoms with Gasteiger partial charge in [-0.05, 0) is 18.2 Å². The van der Waals surface area contributed by atoms with E-state index in [0.717, 1.165) is 4.90 Å². The van der Waals surface area contributed by atoms with Gasteiger partial charge in [0.05, 0.1) is 27.6 Å². The average Bonchev–Trinajstić information content (AvgIpc) is 2.92. The van der Waals surface area contributed by atoms with Gasteiger partial charge in [-0.3, -0.25) is 9.59 Å². The van der Waals surface area contributed by atoms with E-state index < -0.39 is 37.7 Å². The molecule has 0 aromatic heterocycles. The Bertz CT molecular complexity index is 843. The number of carbonyl (C=O) groups excluding carboxylic acids is 2. The number of nitrogens with zero attached hydrogens (tertiary/aromatic N) is 1. The maximum Gasteiger partial charge on any atom is 0.240 e. The van der Waals surface area contributed by atoms with E-state index in [1.807, 2.05) is 0 Å². The van der Waals surface area contributed by atoms with Crippen LogP contribution in [0.25, 0.3) is 0 Å². The van der Waals surface area contributed by atoms with Crippen molar-refractivity contribution >= 4 is 103 Å². The van der Waals surface area contributed by atoms with Crippen LogP contribution in [-0.2, 0) is 9.59 Å². The van der Waals surface area contributed by atoms with Crippen molar-refractivity contribution in [1.29, 1.82) is 0 Å². The minimum Gasteiger partial charge on any atom is -0.274 e. The zero-order valence-corrected chi connectivity index (χ0v) is 18.0. The molecule has 4 rings (SSSR count). The maximum absolute atomic E-state index is 13.1. The summed E-state index contributed by atoms with van der Waals surface area (Å²) in [7, 11) is 0. The molecule has 4 atom stereocenters. The molecule has 1 heterocycles. The third-order valence-electron chi connectivity index (χ3n) is 4.98. The van der Waals surface area contributed by atoms with Crippen LogP contribution in [-0.4, -0.2) is 25.9 Å². The van der Waals surface area contributed by atoms with Crippen LogP contribution in [0.1, 0.15) is 0 Å². The second-order valence-corrected chi connectivity index (χ2v) is 10.3. The van der Waals surface area contributed by atoms with E-state index in [4.69, 9.17) is 69.6 Å². The number of allylic oxidation sites excluding steroid dienone is 2. The van der Waals surface area contributed by atoms with Gasteiger partial charge >= 0.3 is 0 Å². The van der Waals surface area contributed by atoms with Gasteiger partial charge in [0.25, 0.3) is 0 Å². The molecule has 3 nitrogen and oxygen atoms in total. The van der Waals surface area contributed by atoms with Crippen molar-refractivity contribution in [3.05, 3.63) is 38.8 Å². The maximum atomic E-state index is 13.1. The summed E-state index contributed by atoms with van der Waals surface area (Å²) in [6.45, 7) is 0. The van der Waals surface area contributed by atoms with E-state index in [1.165, 1.54) is 0 Å². The van der Waals surface area contributed by atoms with Crippen LogP contribution in [0.4, 0.5) is 5.69 Å². The second-order valence-electron chi connectivity index (χ2n) is 6.07. The number of hydrogen-bond donors (Lipinski definition) is 0. The third-order valence-corrected chi connectivity index (χ3v) is 9.73. The fourth-order valence-electron chi connectivity index (χ4n) is 3.86. The Morgan fingerprint density at radius 2 is 1.40 bits per heavy atom. The lowest BCUT2D eigenvalue weighted by Crippen LogP contribution is -2.50. The van der Waals surface area contributed by atoms with E-state index in [-0.39, 0.29) is 10.1 Å². The smallest absolute Gasteiger partial charge is 0.240 e. The van der Waals surface area contributed by atoms with Crippen molar-refractivity contribution in [3.8, 4) is 0 Å². The molecular weight excluding hydrogens is 519 g/mol. The van der Waals surface area contributed by atoms with Crippen LogP contribution in [0.3, 0.4) is 0 Å². The van der Waals surface area contributed by atoms with Crippen LogP contribution >= 0.6 is 85.5 Å². The van der Waals surface area contributed by atoms with Crippen LogP contribution in [0.5, 0.6) is 0 Å². The average molecular weight is 525 g/mol. The molecule has 1 aliphatic heterocycles. The molecule has 1 aromatic rings. The van der Waals surface area contributed by atoms with Crippen molar-refractivity contribution in [2.75, 3.05) is 4.90 Å². The SMILES string of the molecule is O=C1[C@@H]2[C@H](C(=O)N1c1cccc(Br)c1)[C@@]1(Cl)C(Cl)=C(Cl)[C@@]2(Cl)C1(Cl)Cl. The second kappa shape index (κ2) is 5.44. The molecule has 3 aliphatic rings. The van der Waals surface area contributed by atoms with Gasteiger partial charge in [0, 0.05) is 4.47 Å². The van der Waals surface area contributed by atoms with E-state index in [1.54, 1.807) is 24.3 Å². The number of benzene rings is 1. The Kier molecular flexibility index (Phi) is 4.06. The quantitative estimate of drug-likeness (QED) is 0.364. The number of halogens is 7. The van der Waals surface area contributed by atoms with Gasteiger partial charge in [0.15, 0.2) is 4.33 Å². The van der Waals surface area contributed by atoms with Crippen molar-refractivity contribution < 1.29 is 9.59 Å². The van der Waals surface area contributed by atoms with Crippen molar-refractivity contribution in [2.24, 2.45) is 11.8 Å². The number of imide groups is 1. The summed E-state index contributed by atoms with van der Waals surface area (Å²) in [6, 6.07) is 6.71. The first-order chi connectivity index (χ1) is 11.5. The molecule has 132 valence electrons. The van der Waals surface area contributed by atoms with Crippen molar-refractivity contribution in [3.63, 3.8) is 0 Å². The first-order valence-corrected chi connectivity index (χ1v) is 10.0. The molecule has 1 saturated carbocycles. The Balaban J connectivity index is 1.92. The van der Waals surface area contributed by atoms with Crippen LogP contribution in [0.2, 0.25) is 0 Å². The highest BCUT2D eigenvalue weighted by molar-refractivity contribution is 9.10. The van der Waals surface area contributed by atoms with Gasteiger partial charge in [-0.1, -0.05) is 68.4 Å². The molecule has 2 fully saturated rings. The van der Waals surface area contributed by atoms with Gasteiger partial charge in [0.1, 0.15) is 9.75 Å². The van der Waals surface area contributed by atoms with Crippen LogP contribution in [0, 0.1) is 11.8 Å². The molecule has 2 aliphatic carbocycles. The number of alkyl halides is 4. The molecule has 10 heteroatoms. The van der Waals surface area contributed by atoms with Crippen molar-refractivity contribution in [2.45, 2.75) is 14.1 Å². The highest BCUT2D eigenvalue weighted by Crippen LogP contribution is 2.77. The third kappa shape index (κ3) is 1.88. The Morgan fingerprint density at radius 1 is 0.920 bits per heavy atom. The highest BCUT2D eigenvalue weighted by Gasteiger charge is 2.87. The summed E-state index contributed by atoms with van der Waals surface area (Å²) in [5.41, 5.74) is 0.376. The zero-order valence-electron chi connectivity index (χ0n) is 11.9. The highest BCUT2D eigenvalue weighted by atomic mass is 79.9. The lowest BCUT2D eigenvalue weighted by atomic mass is 9.84. The number of rotatable bonds is 1. The zero-order chi connectivity index (χ0) is 18.5. The molecule has 1 saturated heterocycles. The van der Waals surface area contributed by atoms with Crippen LogP contribution < -0.4 is 4.90 Å². The summed E-state index contributed by atoms with van der Waals surface area (Å²) in [5, 5.41) is -0.205. The van der Waals surface area contributed by atoms with E-state index >= 15 is 0 Å². The van der Waals surface area contributed by atoms with E-state index in [2.05, 4.69) is 15.9 Å². The number of carbonyl (C=O) groups is 2. The Hall–Kier alpha value is 0.320. The Labute approximate surface area is 181 Å². The standard InChI is InChI=1S/C15H6BrCl6NO2/c16-5-2-1-3-6(4-5)23-11(24)7-8(12(23)25)14(20)10(18)9(17)13(7,19)15(14,21)22/h1-4,7-8H/t7-,8+,13-,14-/m1/s1. The lowest BCUT2D eigenvalue weighted by molar-refractivity contribution is -0.123. The fourth-order valence-corrected chi connectivity index (χ4v) is 7.18. The molecule has 1 aromatic carbocycles. The lowest BCUT2D eigenvalue weighted by Gasteiger charge is -2.34. The molecule has 2 bridgehead atoms. The predicted octanol–water partition coefficient (Wildman–Crippen LogP) is 5.40. The Morgan fingerprint density at radius 3 is 1.84 bits per heavy atom. The largest absolute Gasteiger partial charge is 0.274 e. The van der Waals surface area contributed by atoms with Crippen LogP contribution in [0.15, 0.2) is 38.8 Å². The minimum absolute atomic E-state index is 0.102. The minimum atomic E-state index is -1.92. The predicted molar refractivity (Wildman–Crippen MR) is 104 cm³/mol. The molecule has 2 amide bonds. The number of anilines is 1. The van der Waals surface area contributed by atoms with Crippen molar-refractivity contribution in [1.82, 2.24) is 0 Å². The summed E-state index contributed by atoms with van der Waals surface area (Å²) in [6.07, 6.45) is 0. The molecule has 0 radical (unpaired) electrons. The summed E-state index contributed by atoms with van der Waals surface area (Å²) in [4.78, 5) is 23.6. The number of amides is 2. The summed E-state index contributed by atoms with van der Waals surface area (Å²) >= 11 is 41.9. The fraction of sp³-hybridized carbons (Fsp3) is 0.333. The summed E-state index contributed by atoms with van der Waals surface area (Å²) in [5.74, 6) is -3.39. The first-order valence-electron chi connectivity index (χ1n) is 6.96. The van der Waals surface area contributed by atoms with Gasteiger partial charge in [-0.15, -0.1) is 23.2 Å². The van der Waals surface area contributed by atoms with E-state index in [9.17, 15) is 9.59 Å². The molecule has 0 spiro atoms. The van der Waals surface area contributed by atoms with Gasteiger partial charge in [-0.2, -0.15) is 0 Å². The molecule has 0 unspecified atom stereocenters. The van der Waals surface area contributed by atoms with E-state index in [0.29, 0.717) is 10.2 Å². The van der Waals surface area contributed by atoms with Gasteiger partial charge in [0.2, 0.25) is 11.8 Å². The first kappa shape index (κ1) is 18.7. The number of hydrogen-bond acceptors (Lipinski definition) is 2. The van der Waals surface area contributed by atoms with Gasteiger partial charge in [-0.25, -0.2) is 4.90 Å². The normalized spacial score (nSPS) is 38.8. The number of fused-ring (bicyclic) bond motifs is 5. The van der Waals surface area contributed by atoms with Gasteiger partial charge < -0.3 is 0 Å². The summed E-state index contributed by atoms with van der Waals surface area (Å²) < 4.78 is -1.22. The monoisotopic (exact) mass is 521 g/mol.